The van der Waals surface area contributed by atoms with Crippen LogP contribution in [0.4, 0.5) is 0 Å². The van der Waals surface area contributed by atoms with E-state index in [2.05, 4.69) is 21.2 Å². The first kappa shape index (κ1) is 15.6. The molecule has 0 saturated heterocycles. The van der Waals surface area contributed by atoms with Gasteiger partial charge in [0.05, 0.1) is 6.04 Å². The molecule has 1 atom stereocenters. The zero-order valence-electron chi connectivity index (χ0n) is 10.0. The molecule has 0 amide bonds. The second-order valence-electron chi connectivity index (χ2n) is 3.90. The number of nitrogens with one attached hydrogen (secondary N) is 1. The molecule has 0 bridgehead atoms. The van der Waals surface area contributed by atoms with Gasteiger partial charge in [-0.1, -0.05) is 47.8 Å². The summed E-state index contributed by atoms with van der Waals surface area (Å²) in [5.74, 6) is 0. The molecule has 1 heterocycles. The van der Waals surface area contributed by atoms with Crippen molar-refractivity contribution in [2.24, 2.45) is 0 Å². The Morgan fingerprint density at radius 1 is 1.26 bits per heavy atom. The fraction of sp³-hybridized carbons (Fsp3) is 0.231. The molecule has 0 radical (unpaired) electrons. The summed E-state index contributed by atoms with van der Waals surface area (Å²) in [7, 11) is 0. The highest BCUT2D eigenvalue weighted by atomic mass is 79.9. The number of hydrogen-bond donors (Lipinski definition) is 1. The van der Waals surface area contributed by atoms with Crippen molar-refractivity contribution < 1.29 is 0 Å². The topological polar surface area (TPSA) is 12.0 Å². The maximum Gasteiger partial charge on any atom is 0.107 e. The number of thiophene rings is 1. The first-order chi connectivity index (χ1) is 9.04. The molecule has 0 aliphatic rings. The van der Waals surface area contributed by atoms with Gasteiger partial charge in [0.2, 0.25) is 0 Å². The van der Waals surface area contributed by atoms with E-state index in [1.54, 1.807) is 0 Å². The average molecular weight is 400 g/mol. The van der Waals surface area contributed by atoms with Gasteiger partial charge >= 0.3 is 0 Å². The van der Waals surface area contributed by atoms with Crippen LogP contribution in [0.1, 0.15) is 23.4 Å². The van der Waals surface area contributed by atoms with Crippen molar-refractivity contribution in [2.45, 2.75) is 13.0 Å². The first-order valence-corrected chi connectivity index (χ1v) is 8.41. The van der Waals surface area contributed by atoms with Gasteiger partial charge in [-0.05, 0) is 40.7 Å². The molecular weight excluding hydrogens is 388 g/mol. The maximum atomic E-state index is 6.29. The zero-order chi connectivity index (χ0) is 14.0. The summed E-state index contributed by atoms with van der Waals surface area (Å²) in [6.45, 7) is 2.85. The smallest absolute Gasteiger partial charge is 0.107 e. The summed E-state index contributed by atoms with van der Waals surface area (Å²) in [6, 6.07) is 7.48. The highest BCUT2D eigenvalue weighted by Crippen LogP contribution is 2.41. The van der Waals surface area contributed by atoms with Gasteiger partial charge in [-0.25, -0.2) is 0 Å². The average Bonchev–Trinajstić information content (AvgIpc) is 2.68. The molecule has 0 saturated carbocycles. The minimum Gasteiger partial charge on any atom is -0.306 e. The Morgan fingerprint density at radius 2 is 1.89 bits per heavy atom. The highest BCUT2D eigenvalue weighted by Gasteiger charge is 2.21. The molecule has 0 fully saturated rings. The van der Waals surface area contributed by atoms with Crippen LogP contribution in [0, 0.1) is 0 Å². The van der Waals surface area contributed by atoms with Crippen LogP contribution in [0.25, 0.3) is 0 Å². The van der Waals surface area contributed by atoms with E-state index in [0.717, 1.165) is 25.8 Å². The fourth-order valence-electron chi connectivity index (χ4n) is 1.84. The predicted octanol–water partition coefficient (Wildman–Crippen LogP) is 6.17. The summed E-state index contributed by atoms with van der Waals surface area (Å²) >= 11 is 23.6. The summed E-state index contributed by atoms with van der Waals surface area (Å²) in [5.41, 5.74) is 0.887. The minimum absolute atomic E-state index is 0.0556. The Labute approximate surface area is 140 Å². The van der Waals surface area contributed by atoms with Crippen LogP contribution in [0.5, 0.6) is 0 Å². The fourth-order valence-corrected chi connectivity index (χ4v) is 4.28. The van der Waals surface area contributed by atoms with Crippen LogP contribution in [0.2, 0.25) is 14.4 Å². The molecular formula is C13H11BrCl3NS. The van der Waals surface area contributed by atoms with Gasteiger partial charge in [0.25, 0.3) is 0 Å². The van der Waals surface area contributed by atoms with Crippen LogP contribution in [-0.2, 0) is 0 Å². The molecule has 0 aliphatic carbocycles. The molecule has 1 unspecified atom stereocenters. The van der Waals surface area contributed by atoms with E-state index in [1.165, 1.54) is 11.3 Å². The van der Waals surface area contributed by atoms with Crippen LogP contribution in [-0.4, -0.2) is 6.54 Å². The summed E-state index contributed by atoms with van der Waals surface area (Å²) < 4.78 is 1.61. The third-order valence-corrected chi connectivity index (χ3v) is 5.84. The molecule has 1 aromatic carbocycles. The third kappa shape index (κ3) is 3.46. The molecule has 2 rings (SSSR count). The first-order valence-electron chi connectivity index (χ1n) is 5.66. The molecule has 19 heavy (non-hydrogen) atoms. The molecule has 1 N–H and O–H groups in total. The van der Waals surface area contributed by atoms with Crippen molar-refractivity contribution in [2.75, 3.05) is 6.54 Å². The minimum atomic E-state index is -0.0556. The van der Waals surface area contributed by atoms with Crippen LogP contribution >= 0.6 is 62.1 Å². The van der Waals surface area contributed by atoms with Crippen molar-refractivity contribution in [1.29, 1.82) is 0 Å². The Bertz CT molecular complexity index is 546. The third-order valence-electron chi connectivity index (χ3n) is 2.65. The van der Waals surface area contributed by atoms with E-state index in [0.29, 0.717) is 10.0 Å². The van der Waals surface area contributed by atoms with Crippen molar-refractivity contribution in [3.8, 4) is 0 Å². The summed E-state index contributed by atoms with van der Waals surface area (Å²) in [6.07, 6.45) is 0. The van der Waals surface area contributed by atoms with Gasteiger partial charge in [0, 0.05) is 25.0 Å². The van der Waals surface area contributed by atoms with E-state index in [9.17, 15) is 0 Å². The lowest BCUT2D eigenvalue weighted by Crippen LogP contribution is -2.21. The van der Waals surface area contributed by atoms with Gasteiger partial charge in [-0.15, -0.1) is 11.3 Å². The number of halogens is 4. The lowest BCUT2D eigenvalue weighted by molar-refractivity contribution is 0.640. The summed E-state index contributed by atoms with van der Waals surface area (Å²) in [4.78, 5) is 1.08. The standard InChI is InChI=1S/C13H11BrCl3NS/c1-2-18-12(10-6-7(14)13(17)19-10)11-8(15)4-3-5-9(11)16/h3-6,12,18H,2H2,1H3. The van der Waals surface area contributed by atoms with Gasteiger partial charge in [-0.2, -0.15) is 0 Å². The zero-order valence-corrected chi connectivity index (χ0v) is 14.7. The lowest BCUT2D eigenvalue weighted by Gasteiger charge is -2.19. The largest absolute Gasteiger partial charge is 0.306 e. The predicted molar refractivity (Wildman–Crippen MR) is 89.0 cm³/mol. The highest BCUT2D eigenvalue weighted by molar-refractivity contribution is 9.10. The SMILES string of the molecule is CCNC(c1cc(Br)c(Cl)s1)c1c(Cl)cccc1Cl. The monoisotopic (exact) mass is 397 g/mol. The van der Waals surface area contributed by atoms with Crippen LogP contribution < -0.4 is 5.32 Å². The van der Waals surface area contributed by atoms with Gasteiger partial charge in [0.15, 0.2) is 0 Å². The Hall–Kier alpha value is 0.230. The van der Waals surface area contributed by atoms with E-state index >= 15 is 0 Å². The van der Waals surface area contributed by atoms with Crippen molar-refractivity contribution in [3.63, 3.8) is 0 Å². The van der Waals surface area contributed by atoms with Crippen molar-refractivity contribution in [1.82, 2.24) is 5.32 Å². The molecule has 0 aliphatic heterocycles. The molecule has 1 nitrogen and oxygen atoms in total. The van der Waals surface area contributed by atoms with Gasteiger partial charge in [-0.3, -0.25) is 0 Å². The van der Waals surface area contributed by atoms with E-state index in [1.807, 2.05) is 31.2 Å². The molecule has 2 aromatic rings. The van der Waals surface area contributed by atoms with E-state index in [-0.39, 0.29) is 6.04 Å². The van der Waals surface area contributed by atoms with Crippen molar-refractivity contribution in [3.05, 3.63) is 53.6 Å². The number of rotatable bonds is 4. The molecule has 6 heteroatoms. The van der Waals surface area contributed by atoms with Crippen LogP contribution in [0.3, 0.4) is 0 Å². The molecule has 0 spiro atoms. The van der Waals surface area contributed by atoms with Gasteiger partial charge in [0.1, 0.15) is 4.34 Å². The normalized spacial score (nSPS) is 12.7. The lowest BCUT2D eigenvalue weighted by atomic mass is 10.1. The maximum absolute atomic E-state index is 6.29. The molecule has 102 valence electrons. The number of hydrogen-bond acceptors (Lipinski definition) is 2. The second-order valence-corrected chi connectivity index (χ2v) is 7.25. The number of benzene rings is 1. The Morgan fingerprint density at radius 3 is 2.37 bits per heavy atom. The van der Waals surface area contributed by atoms with Crippen LogP contribution in [0.15, 0.2) is 28.7 Å². The quantitative estimate of drug-likeness (QED) is 0.648. The Balaban J connectivity index is 2.51. The van der Waals surface area contributed by atoms with Gasteiger partial charge < -0.3 is 5.32 Å². The second kappa shape index (κ2) is 6.79. The Kier molecular flexibility index (Phi) is 5.58. The van der Waals surface area contributed by atoms with Crippen molar-refractivity contribution >= 4 is 62.1 Å². The summed E-state index contributed by atoms with van der Waals surface area (Å²) in [5, 5.41) is 4.70. The van der Waals surface area contributed by atoms with E-state index in [4.69, 9.17) is 34.8 Å². The molecule has 1 aromatic heterocycles. The van der Waals surface area contributed by atoms with E-state index < -0.39 is 0 Å².